The van der Waals surface area contributed by atoms with Crippen LogP contribution < -0.4 is 4.74 Å². The molecule has 0 unspecified atom stereocenters. The van der Waals surface area contributed by atoms with Crippen LogP contribution in [0.1, 0.15) is 20.3 Å². The maximum Gasteiger partial charge on any atom is 0.136 e. The predicted octanol–water partition coefficient (Wildman–Crippen LogP) is 2.02. The lowest BCUT2D eigenvalue weighted by Gasteiger charge is -2.14. The Balaban J connectivity index is 2.80. The molecule has 0 N–H and O–H groups in total. The third-order valence-electron chi connectivity index (χ3n) is 2.07. The van der Waals surface area contributed by atoms with E-state index in [1.807, 2.05) is 13.8 Å². The van der Waals surface area contributed by atoms with Crippen LogP contribution in [0, 0.1) is 5.92 Å². The lowest BCUT2D eigenvalue weighted by Crippen LogP contribution is -2.06. The van der Waals surface area contributed by atoms with Gasteiger partial charge in [-0.15, -0.1) is 0 Å². The third-order valence-corrected chi connectivity index (χ3v) is 2.95. The Morgan fingerprint density at radius 1 is 1.31 bits per heavy atom. The van der Waals surface area contributed by atoms with E-state index in [1.54, 1.807) is 6.07 Å². The molecule has 0 spiro atoms. The van der Waals surface area contributed by atoms with Crippen LogP contribution in [-0.2, 0) is 10.1 Å². The van der Waals surface area contributed by atoms with Crippen LogP contribution in [-0.4, -0.2) is 19.6 Å². The second-order valence-corrected chi connectivity index (χ2v) is 5.28. The molecule has 0 atom stereocenters. The third kappa shape index (κ3) is 3.83. The molecule has 0 aromatic heterocycles. The fourth-order valence-electron chi connectivity index (χ4n) is 1.18. The fraction of sp³-hybridized carbons (Fsp3) is 0.455. The van der Waals surface area contributed by atoms with E-state index in [9.17, 15) is 13.0 Å². The van der Waals surface area contributed by atoms with Crippen LogP contribution in [0.15, 0.2) is 29.2 Å². The van der Waals surface area contributed by atoms with Gasteiger partial charge in [0.15, 0.2) is 0 Å². The molecule has 0 fully saturated rings. The molecule has 0 radical (unpaired) electrons. The average molecular weight is 243 g/mol. The Labute approximate surface area is 96.0 Å². The first kappa shape index (κ1) is 13.0. The Bertz CT molecular complexity index is 437. The largest absolute Gasteiger partial charge is 0.744 e. The van der Waals surface area contributed by atoms with Crippen LogP contribution in [0.2, 0.25) is 0 Å². The molecule has 1 rings (SSSR count). The van der Waals surface area contributed by atoms with Crippen molar-refractivity contribution in [3.63, 3.8) is 0 Å². The maximum atomic E-state index is 10.9. The number of hydrogen-bond acceptors (Lipinski definition) is 4. The van der Waals surface area contributed by atoms with Crippen LogP contribution in [0.5, 0.6) is 5.75 Å². The first-order valence-corrected chi connectivity index (χ1v) is 6.50. The van der Waals surface area contributed by atoms with Crippen LogP contribution in [0.3, 0.4) is 0 Å². The van der Waals surface area contributed by atoms with Crippen molar-refractivity contribution in [3.05, 3.63) is 24.3 Å². The number of benzene rings is 1. The predicted molar refractivity (Wildman–Crippen MR) is 59.4 cm³/mol. The van der Waals surface area contributed by atoms with E-state index >= 15 is 0 Å². The minimum atomic E-state index is -4.46. The van der Waals surface area contributed by atoms with Crippen molar-refractivity contribution >= 4 is 10.1 Å². The van der Waals surface area contributed by atoms with Crippen molar-refractivity contribution in [3.8, 4) is 5.75 Å². The molecule has 1 aromatic rings. The average Bonchev–Trinajstić information content (AvgIpc) is 2.16. The minimum absolute atomic E-state index is 0.137. The van der Waals surface area contributed by atoms with Gasteiger partial charge in [0.1, 0.15) is 15.9 Å². The van der Waals surface area contributed by atoms with E-state index in [4.69, 9.17) is 4.74 Å². The van der Waals surface area contributed by atoms with Crippen molar-refractivity contribution in [1.29, 1.82) is 0 Å². The molecule has 0 aliphatic rings. The number of rotatable bonds is 5. The molecule has 0 aliphatic heterocycles. The quantitative estimate of drug-likeness (QED) is 0.742. The Hall–Kier alpha value is -1.07. The van der Waals surface area contributed by atoms with Crippen LogP contribution >= 0.6 is 0 Å². The van der Waals surface area contributed by atoms with Crippen molar-refractivity contribution < 1.29 is 17.7 Å². The van der Waals surface area contributed by atoms with Gasteiger partial charge in [-0.25, -0.2) is 8.42 Å². The highest BCUT2D eigenvalue weighted by Crippen LogP contribution is 2.23. The fourth-order valence-corrected chi connectivity index (χ4v) is 1.80. The zero-order valence-electron chi connectivity index (χ0n) is 9.34. The Kier molecular flexibility index (Phi) is 4.32. The molecule has 0 aliphatic carbocycles. The van der Waals surface area contributed by atoms with Gasteiger partial charge in [-0.3, -0.25) is 0 Å². The van der Waals surface area contributed by atoms with E-state index in [0.29, 0.717) is 12.5 Å². The second kappa shape index (κ2) is 5.32. The molecule has 0 heterocycles. The van der Waals surface area contributed by atoms with Gasteiger partial charge in [-0.2, -0.15) is 0 Å². The summed E-state index contributed by atoms with van der Waals surface area (Å²) < 4.78 is 38.0. The van der Waals surface area contributed by atoms with E-state index < -0.39 is 10.1 Å². The van der Waals surface area contributed by atoms with E-state index in [-0.39, 0.29) is 10.6 Å². The van der Waals surface area contributed by atoms with Crippen LogP contribution in [0.4, 0.5) is 0 Å². The molecule has 16 heavy (non-hydrogen) atoms. The lowest BCUT2D eigenvalue weighted by atomic mass is 10.1. The van der Waals surface area contributed by atoms with Gasteiger partial charge in [0.2, 0.25) is 0 Å². The summed E-state index contributed by atoms with van der Waals surface area (Å²) in [5.74, 6) is 0.606. The summed E-state index contributed by atoms with van der Waals surface area (Å²) in [4.78, 5) is -0.293. The first-order chi connectivity index (χ1) is 7.41. The molecule has 0 saturated carbocycles. The van der Waals surface area contributed by atoms with Crippen molar-refractivity contribution in [1.82, 2.24) is 0 Å². The van der Waals surface area contributed by atoms with Gasteiger partial charge in [0, 0.05) is 0 Å². The summed E-state index contributed by atoms with van der Waals surface area (Å²) >= 11 is 0. The second-order valence-electron chi connectivity index (χ2n) is 3.93. The SMILES string of the molecule is CC(C)CCOc1ccccc1S(=O)(=O)[O-]. The van der Waals surface area contributed by atoms with Gasteiger partial charge in [0.05, 0.1) is 11.5 Å². The smallest absolute Gasteiger partial charge is 0.136 e. The summed E-state index contributed by atoms with van der Waals surface area (Å²) in [6.45, 7) is 4.49. The van der Waals surface area contributed by atoms with Gasteiger partial charge >= 0.3 is 0 Å². The standard InChI is InChI=1S/C11H16O4S/c1-9(2)7-8-15-10-5-3-4-6-11(10)16(12,13)14/h3-6,9H,7-8H2,1-2H3,(H,12,13,14)/p-1. The molecule has 90 valence electrons. The normalized spacial score (nSPS) is 11.8. The summed E-state index contributed by atoms with van der Waals surface area (Å²) in [6, 6.07) is 5.89. The molecular formula is C11H15O4S-. The Morgan fingerprint density at radius 2 is 1.94 bits per heavy atom. The summed E-state index contributed by atoms with van der Waals surface area (Å²) in [5, 5.41) is 0. The van der Waals surface area contributed by atoms with E-state index in [1.165, 1.54) is 18.2 Å². The zero-order chi connectivity index (χ0) is 12.2. The minimum Gasteiger partial charge on any atom is -0.744 e. The summed E-state index contributed by atoms with van der Waals surface area (Å²) in [7, 11) is -4.46. The van der Waals surface area contributed by atoms with Crippen LogP contribution in [0.25, 0.3) is 0 Å². The number of hydrogen-bond donors (Lipinski definition) is 0. The summed E-state index contributed by atoms with van der Waals surface area (Å²) in [6.07, 6.45) is 0.813. The van der Waals surface area contributed by atoms with Gasteiger partial charge in [0.25, 0.3) is 0 Å². The van der Waals surface area contributed by atoms with Gasteiger partial charge < -0.3 is 9.29 Å². The molecule has 0 bridgehead atoms. The van der Waals surface area contributed by atoms with Gasteiger partial charge in [-0.05, 0) is 24.5 Å². The molecule has 0 saturated heterocycles. The highest BCUT2D eigenvalue weighted by Gasteiger charge is 2.09. The monoisotopic (exact) mass is 243 g/mol. The van der Waals surface area contributed by atoms with Crippen molar-refractivity contribution in [2.75, 3.05) is 6.61 Å². The lowest BCUT2D eigenvalue weighted by molar-refractivity contribution is 0.281. The highest BCUT2D eigenvalue weighted by molar-refractivity contribution is 7.85. The van der Waals surface area contributed by atoms with Gasteiger partial charge in [-0.1, -0.05) is 26.0 Å². The topological polar surface area (TPSA) is 66.4 Å². The first-order valence-electron chi connectivity index (χ1n) is 5.09. The zero-order valence-corrected chi connectivity index (χ0v) is 10.2. The van der Waals surface area contributed by atoms with Crippen molar-refractivity contribution in [2.24, 2.45) is 5.92 Å². The summed E-state index contributed by atoms with van der Waals surface area (Å²) in [5.41, 5.74) is 0. The number of para-hydroxylation sites is 1. The molecule has 0 amide bonds. The van der Waals surface area contributed by atoms with Crippen molar-refractivity contribution in [2.45, 2.75) is 25.2 Å². The molecule has 1 aromatic carbocycles. The Morgan fingerprint density at radius 3 is 2.50 bits per heavy atom. The maximum absolute atomic E-state index is 10.9. The highest BCUT2D eigenvalue weighted by atomic mass is 32.2. The van der Waals surface area contributed by atoms with E-state index in [2.05, 4.69) is 0 Å². The molecule has 5 heteroatoms. The molecule has 4 nitrogen and oxygen atoms in total. The molecular weight excluding hydrogens is 228 g/mol. The number of ether oxygens (including phenoxy) is 1. The van der Waals surface area contributed by atoms with E-state index in [0.717, 1.165) is 6.42 Å².